The first-order valence-corrected chi connectivity index (χ1v) is 5.57. The van der Waals surface area contributed by atoms with Crippen LogP contribution in [0.2, 0.25) is 0 Å². The highest BCUT2D eigenvalue weighted by Crippen LogP contribution is 2.63. The zero-order valence-corrected chi connectivity index (χ0v) is 10.1. The fraction of sp³-hybridized carbons (Fsp3) is 0.727. The molecule has 94 valence electrons. The minimum atomic E-state index is -1.06. The normalized spacial score (nSPS) is 31.4. The number of nitrogens with one attached hydrogen (secondary N) is 1. The summed E-state index contributed by atoms with van der Waals surface area (Å²) < 4.78 is 0. The predicted octanol–water partition coefficient (Wildman–Crippen LogP) is -0.700. The third-order valence-corrected chi connectivity index (χ3v) is 3.90. The molecule has 0 aromatic heterocycles. The Morgan fingerprint density at radius 2 is 1.88 bits per heavy atom. The van der Waals surface area contributed by atoms with Crippen LogP contribution >= 0.6 is 0 Å². The molecular formula is C11H16N2O4. The highest BCUT2D eigenvalue weighted by atomic mass is 16.4. The van der Waals surface area contributed by atoms with Gasteiger partial charge in [-0.3, -0.25) is 19.3 Å². The Kier molecular flexibility index (Phi) is 2.50. The molecule has 1 heterocycles. The summed E-state index contributed by atoms with van der Waals surface area (Å²) in [7, 11) is 1.49. The number of likely N-dealkylation sites (N-methyl/N-ethyl adjacent to an activating group) is 1. The molecule has 2 rings (SSSR count). The number of carboxylic acid groups (broad SMARTS) is 1. The number of aliphatic carboxylic acids is 1. The van der Waals surface area contributed by atoms with Gasteiger partial charge in [0.2, 0.25) is 11.8 Å². The van der Waals surface area contributed by atoms with E-state index >= 15 is 0 Å². The maximum absolute atomic E-state index is 11.9. The topological polar surface area (TPSA) is 86.7 Å². The number of fused-ring (bicyclic) bond motifs is 1. The molecule has 1 saturated heterocycles. The highest BCUT2D eigenvalue weighted by Gasteiger charge is 2.72. The van der Waals surface area contributed by atoms with Gasteiger partial charge in [-0.05, 0) is 12.5 Å². The molecule has 2 N–H and O–H groups in total. The second-order valence-electron chi connectivity index (χ2n) is 5.24. The van der Waals surface area contributed by atoms with Gasteiger partial charge in [0.05, 0.1) is 18.4 Å². The Labute approximate surface area is 99.0 Å². The molecule has 1 aliphatic carbocycles. The van der Waals surface area contributed by atoms with Crippen LogP contribution in [0, 0.1) is 17.3 Å². The Morgan fingerprint density at radius 1 is 1.41 bits per heavy atom. The van der Waals surface area contributed by atoms with Crippen LogP contribution in [-0.4, -0.2) is 47.4 Å². The average Bonchev–Trinajstić information content (AvgIpc) is 2.69. The number of carbonyl (C=O) groups is 3. The second-order valence-corrected chi connectivity index (χ2v) is 5.24. The number of amides is 2. The standard InChI is InChI=1S/C11H16N2O4/c1-11(2)6-7(11)9(15)13(8(6)14)4-5(12-3)10(16)17/h5-7,12H,4H2,1-3H3,(H,16,17). The van der Waals surface area contributed by atoms with Gasteiger partial charge in [-0.15, -0.1) is 0 Å². The quantitative estimate of drug-likeness (QED) is 0.634. The maximum atomic E-state index is 11.9. The monoisotopic (exact) mass is 240 g/mol. The van der Waals surface area contributed by atoms with Crippen LogP contribution < -0.4 is 5.32 Å². The second kappa shape index (κ2) is 3.53. The van der Waals surface area contributed by atoms with Crippen molar-refractivity contribution in [2.45, 2.75) is 19.9 Å². The SMILES string of the molecule is CNC(CN1C(=O)C2C(C1=O)C2(C)C)C(=O)O. The van der Waals surface area contributed by atoms with E-state index in [1.165, 1.54) is 7.05 Å². The van der Waals surface area contributed by atoms with E-state index in [-0.39, 0.29) is 35.6 Å². The van der Waals surface area contributed by atoms with Gasteiger partial charge in [0.25, 0.3) is 0 Å². The zero-order valence-electron chi connectivity index (χ0n) is 10.1. The van der Waals surface area contributed by atoms with Gasteiger partial charge < -0.3 is 10.4 Å². The first-order valence-electron chi connectivity index (χ1n) is 5.57. The molecular weight excluding hydrogens is 224 g/mol. The fourth-order valence-corrected chi connectivity index (χ4v) is 2.66. The molecule has 2 amide bonds. The minimum absolute atomic E-state index is 0.0907. The van der Waals surface area contributed by atoms with Gasteiger partial charge in [-0.1, -0.05) is 13.8 Å². The summed E-state index contributed by atoms with van der Waals surface area (Å²) in [6.07, 6.45) is 0. The molecule has 3 atom stereocenters. The van der Waals surface area contributed by atoms with Crippen LogP contribution in [-0.2, 0) is 14.4 Å². The summed E-state index contributed by atoms with van der Waals surface area (Å²) >= 11 is 0. The minimum Gasteiger partial charge on any atom is -0.480 e. The lowest BCUT2D eigenvalue weighted by Crippen LogP contribution is -2.48. The van der Waals surface area contributed by atoms with E-state index in [9.17, 15) is 14.4 Å². The number of likely N-dealkylation sites (tertiary alicyclic amines) is 1. The van der Waals surface area contributed by atoms with Gasteiger partial charge in [0.1, 0.15) is 6.04 Å². The largest absolute Gasteiger partial charge is 0.480 e. The lowest BCUT2D eigenvalue weighted by Gasteiger charge is -2.23. The summed E-state index contributed by atoms with van der Waals surface area (Å²) in [5.41, 5.74) is -0.247. The molecule has 1 aliphatic heterocycles. The van der Waals surface area contributed by atoms with E-state index in [0.717, 1.165) is 4.90 Å². The van der Waals surface area contributed by atoms with Crippen molar-refractivity contribution >= 4 is 17.8 Å². The zero-order chi connectivity index (χ0) is 13.0. The number of hydrogen-bond acceptors (Lipinski definition) is 4. The number of hydrogen-bond donors (Lipinski definition) is 2. The third kappa shape index (κ3) is 1.55. The van der Waals surface area contributed by atoms with E-state index in [2.05, 4.69) is 5.32 Å². The summed E-state index contributed by atoms with van der Waals surface area (Å²) in [5, 5.41) is 11.4. The Hall–Kier alpha value is -1.43. The van der Waals surface area contributed by atoms with Crippen molar-refractivity contribution in [3.63, 3.8) is 0 Å². The van der Waals surface area contributed by atoms with E-state index in [4.69, 9.17) is 5.11 Å². The van der Waals surface area contributed by atoms with Gasteiger partial charge in [0, 0.05) is 0 Å². The summed E-state index contributed by atoms with van der Waals surface area (Å²) in [5.74, 6) is -2.02. The smallest absolute Gasteiger partial charge is 0.322 e. The maximum Gasteiger partial charge on any atom is 0.322 e. The van der Waals surface area contributed by atoms with Crippen LogP contribution in [0.15, 0.2) is 0 Å². The summed E-state index contributed by atoms with van der Waals surface area (Å²) in [4.78, 5) is 35.8. The Morgan fingerprint density at radius 3 is 2.24 bits per heavy atom. The lowest BCUT2D eigenvalue weighted by atomic mass is 10.1. The number of rotatable bonds is 4. The first kappa shape index (κ1) is 12.0. The fourth-order valence-electron chi connectivity index (χ4n) is 2.66. The number of carboxylic acids is 1. The van der Waals surface area contributed by atoms with Crippen molar-refractivity contribution in [3.05, 3.63) is 0 Å². The van der Waals surface area contributed by atoms with Crippen LogP contribution in [0.5, 0.6) is 0 Å². The van der Waals surface area contributed by atoms with Crippen molar-refractivity contribution < 1.29 is 19.5 Å². The van der Waals surface area contributed by atoms with Crippen molar-refractivity contribution in [1.82, 2.24) is 10.2 Å². The average molecular weight is 240 g/mol. The molecule has 6 nitrogen and oxygen atoms in total. The molecule has 2 aliphatic rings. The lowest BCUT2D eigenvalue weighted by molar-refractivity contribution is -0.145. The molecule has 0 bridgehead atoms. The van der Waals surface area contributed by atoms with Crippen LogP contribution in [0.25, 0.3) is 0 Å². The molecule has 0 aromatic carbocycles. The third-order valence-electron chi connectivity index (χ3n) is 3.90. The van der Waals surface area contributed by atoms with Gasteiger partial charge >= 0.3 is 5.97 Å². The molecule has 2 fully saturated rings. The number of imide groups is 1. The molecule has 6 heteroatoms. The van der Waals surface area contributed by atoms with Gasteiger partial charge in [-0.25, -0.2) is 0 Å². The Balaban J connectivity index is 2.09. The number of carbonyl (C=O) groups excluding carboxylic acids is 2. The molecule has 17 heavy (non-hydrogen) atoms. The molecule has 1 saturated carbocycles. The highest BCUT2D eigenvalue weighted by molar-refractivity contribution is 6.10. The Bertz CT molecular complexity index is 380. The summed E-state index contributed by atoms with van der Waals surface area (Å²) in [6, 6.07) is -0.900. The van der Waals surface area contributed by atoms with Crippen LogP contribution in [0.1, 0.15) is 13.8 Å². The first-order chi connectivity index (χ1) is 7.82. The van der Waals surface area contributed by atoms with E-state index < -0.39 is 12.0 Å². The van der Waals surface area contributed by atoms with E-state index in [0.29, 0.717) is 0 Å². The summed E-state index contributed by atoms with van der Waals surface area (Å²) in [6.45, 7) is 3.69. The molecule has 0 spiro atoms. The van der Waals surface area contributed by atoms with E-state index in [1.54, 1.807) is 0 Å². The van der Waals surface area contributed by atoms with E-state index in [1.807, 2.05) is 13.8 Å². The number of piperidine rings is 1. The van der Waals surface area contributed by atoms with Gasteiger partial charge in [0.15, 0.2) is 0 Å². The van der Waals surface area contributed by atoms with Crippen molar-refractivity contribution in [2.75, 3.05) is 13.6 Å². The number of nitrogens with zero attached hydrogens (tertiary/aromatic N) is 1. The van der Waals surface area contributed by atoms with Crippen molar-refractivity contribution in [1.29, 1.82) is 0 Å². The van der Waals surface area contributed by atoms with Crippen molar-refractivity contribution in [3.8, 4) is 0 Å². The van der Waals surface area contributed by atoms with Crippen LogP contribution in [0.3, 0.4) is 0 Å². The van der Waals surface area contributed by atoms with Gasteiger partial charge in [-0.2, -0.15) is 0 Å². The van der Waals surface area contributed by atoms with Crippen molar-refractivity contribution in [2.24, 2.45) is 17.3 Å². The molecule has 3 unspecified atom stereocenters. The molecule has 0 radical (unpaired) electrons. The predicted molar refractivity (Wildman–Crippen MR) is 58.0 cm³/mol. The van der Waals surface area contributed by atoms with Crippen LogP contribution in [0.4, 0.5) is 0 Å². The molecule has 0 aromatic rings.